The number of nitrogens with one attached hydrogen (secondary N) is 2. The first-order valence-corrected chi connectivity index (χ1v) is 7.75. The fraction of sp³-hybridized carbons (Fsp3) is 0.294. The van der Waals surface area contributed by atoms with Crippen molar-refractivity contribution in [2.24, 2.45) is 5.92 Å². The van der Waals surface area contributed by atoms with Crippen molar-refractivity contribution in [3.05, 3.63) is 53.7 Å². The zero-order valence-electron chi connectivity index (χ0n) is 12.8. The topological polar surface area (TPSA) is 83.6 Å². The first kappa shape index (κ1) is 13.9. The van der Waals surface area contributed by atoms with E-state index in [0.29, 0.717) is 17.3 Å². The van der Waals surface area contributed by atoms with E-state index >= 15 is 0 Å². The molecule has 3 aromatic rings. The molecule has 2 N–H and O–H groups in total. The molecule has 0 bridgehead atoms. The summed E-state index contributed by atoms with van der Waals surface area (Å²) in [4.78, 5) is 21.6. The van der Waals surface area contributed by atoms with Gasteiger partial charge in [-0.2, -0.15) is 5.10 Å². The Hall–Kier alpha value is -2.76. The molecule has 6 heteroatoms. The molecule has 23 heavy (non-hydrogen) atoms. The highest BCUT2D eigenvalue weighted by atomic mass is 16.1. The van der Waals surface area contributed by atoms with E-state index in [9.17, 15) is 4.79 Å². The van der Waals surface area contributed by atoms with Gasteiger partial charge in [-0.3, -0.25) is 9.89 Å². The van der Waals surface area contributed by atoms with Gasteiger partial charge in [-0.25, -0.2) is 9.97 Å². The van der Waals surface area contributed by atoms with E-state index in [1.165, 1.54) is 0 Å². The van der Waals surface area contributed by atoms with E-state index in [2.05, 4.69) is 25.5 Å². The number of aromatic amines is 1. The van der Waals surface area contributed by atoms with Gasteiger partial charge in [0.25, 0.3) is 5.91 Å². The summed E-state index contributed by atoms with van der Waals surface area (Å²) in [6, 6.07) is 7.32. The Labute approximate surface area is 133 Å². The van der Waals surface area contributed by atoms with Crippen molar-refractivity contribution < 1.29 is 4.79 Å². The summed E-state index contributed by atoms with van der Waals surface area (Å²) >= 11 is 0. The second-order valence-electron chi connectivity index (χ2n) is 5.98. The third kappa shape index (κ3) is 2.67. The van der Waals surface area contributed by atoms with Gasteiger partial charge in [-0.05, 0) is 37.8 Å². The van der Waals surface area contributed by atoms with Crippen LogP contribution in [0.1, 0.15) is 40.8 Å². The van der Waals surface area contributed by atoms with Crippen molar-refractivity contribution in [1.82, 2.24) is 25.5 Å². The monoisotopic (exact) mass is 307 g/mol. The Morgan fingerprint density at radius 3 is 3.00 bits per heavy atom. The standard InChI is InChI=1S/C17H17N5O/c1-10-7-8-18-16(20-10)15(11-5-6-11)21-17(23)13-4-2-3-12-9-19-22-14(12)13/h2-4,7-9,11,15H,5-6H2,1H3,(H,19,22)(H,21,23)/t15-/m1/s1. The molecule has 0 aliphatic heterocycles. The van der Waals surface area contributed by atoms with Crippen LogP contribution in [0, 0.1) is 12.8 Å². The SMILES string of the molecule is Cc1ccnc([C@H](NC(=O)c2cccc3cn[nH]c23)C2CC2)n1. The van der Waals surface area contributed by atoms with Crippen LogP contribution in [-0.2, 0) is 0 Å². The molecule has 1 aliphatic carbocycles. The number of fused-ring (bicyclic) bond motifs is 1. The molecule has 1 fully saturated rings. The van der Waals surface area contributed by atoms with E-state index in [4.69, 9.17) is 0 Å². The third-order valence-corrected chi connectivity index (χ3v) is 4.19. The lowest BCUT2D eigenvalue weighted by molar-refractivity contribution is 0.0931. The van der Waals surface area contributed by atoms with Crippen LogP contribution in [0.5, 0.6) is 0 Å². The highest BCUT2D eigenvalue weighted by Crippen LogP contribution is 2.40. The molecular formula is C17H17N5O. The molecule has 0 spiro atoms. The first-order chi connectivity index (χ1) is 11.2. The lowest BCUT2D eigenvalue weighted by Gasteiger charge is -2.17. The van der Waals surface area contributed by atoms with Crippen LogP contribution in [0.3, 0.4) is 0 Å². The molecule has 0 saturated heterocycles. The smallest absolute Gasteiger partial charge is 0.254 e. The maximum Gasteiger partial charge on any atom is 0.254 e. The molecule has 2 heterocycles. The molecule has 0 unspecified atom stereocenters. The summed E-state index contributed by atoms with van der Waals surface area (Å²) in [5, 5.41) is 10.9. The molecule has 6 nitrogen and oxygen atoms in total. The summed E-state index contributed by atoms with van der Waals surface area (Å²) < 4.78 is 0. The summed E-state index contributed by atoms with van der Waals surface area (Å²) in [6.07, 6.45) is 5.65. The number of para-hydroxylation sites is 1. The van der Waals surface area contributed by atoms with Gasteiger partial charge >= 0.3 is 0 Å². The number of carbonyl (C=O) groups excluding carboxylic acids is 1. The highest BCUT2D eigenvalue weighted by Gasteiger charge is 2.35. The molecule has 0 radical (unpaired) electrons. The van der Waals surface area contributed by atoms with Crippen LogP contribution in [0.2, 0.25) is 0 Å². The lowest BCUT2D eigenvalue weighted by atomic mass is 10.1. The lowest BCUT2D eigenvalue weighted by Crippen LogP contribution is -2.31. The average Bonchev–Trinajstić information content (AvgIpc) is 3.28. The van der Waals surface area contributed by atoms with E-state index < -0.39 is 0 Å². The van der Waals surface area contributed by atoms with Crippen molar-refractivity contribution in [3.63, 3.8) is 0 Å². The summed E-state index contributed by atoms with van der Waals surface area (Å²) in [7, 11) is 0. The van der Waals surface area contributed by atoms with Crippen molar-refractivity contribution in [1.29, 1.82) is 0 Å². The van der Waals surface area contributed by atoms with Crippen LogP contribution in [0.25, 0.3) is 10.9 Å². The normalized spacial score (nSPS) is 15.5. The first-order valence-electron chi connectivity index (χ1n) is 7.75. The molecule has 116 valence electrons. The molecular weight excluding hydrogens is 290 g/mol. The Balaban J connectivity index is 1.64. The Bertz CT molecular complexity index is 868. The van der Waals surface area contributed by atoms with Gasteiger partial charge in [0.2, 0.25) is 0 Å². The fourth-order valence-electron chi connectivity index (χ4n) is 2.82. The predicted octanol–water partition coefficient (Wildman–Crippen LogP) is 2.54. The van der Waals surface area contributed by atoms with Gasteiger partial charge in [-0.1, -0.05) is 12.1 Å². The van der Waals surface area contributed by atoms with E-state index in [1.807, 2.05) is 25.1 Å². The van der Waals surface area contributed by atoms with Gasteiger partial charge in [0.15, 0.2) is 5.82 Å². The molecule has 4 rings (SSSR count). The van der Waals surface area contributed by atoms with Crippen LogP contribution < -0.4 is 5.32 Å². The Morgan fingerprint density at radius 2 is 2.22 bits per heavy atom. The van der Waals surface area contributed by atoms with Crippen molar-refractivity contribution in [2.75, 3.05) is 0 Å². The number of H-pyrrole nitrogens is 1. The van der Waals surface area contributed by atoms with Gasteiger partial charge < -0.3 is 5.32 Å². The Kier molecular flexibility index (Phi) is 3.29. The predicted molar refractivity (Wildman–Crippen MR) is 85.8 cm³/mol. The molecule has 1 amide bonds. The van der Waals surface area contributed by atoms with Crippen LogP contribution in [-0.4, -0.2) is 26.1 Å². The Morgan fingerprint density at radius 1 is 1.35 bits per heavy atom. The number of hydrogen-bond acceptors (Lipinski definition) is 4. The minimum atomic E-state index is -0.138. The number of benzene rings is 1. The molecule has 1 aliphatic rings. The zero-order valence-corrected chi connectivity index (χ0v) is 12.8. The van der Waals surface area contributed by atoms with Crippen LogP contribution >= 0.6 is 0 Å². The number of nitrogens with zero attached hydrogens (tertiary/aromatic N) is 3. The number of aryl methyl sites for hydroxylation is 1. The molecule has 1 saturated carbocycles. The number of hydrogen-bond donors (Lipinski definition) is 2. The largest absolute Gasteiger partial charge is 0.342 e. The number of carbonyl (C=O) groups is 1. The number of aromatic nitrogens is 4. The van der Waals surface area contributed by atoms with Crippen molar-refractivity contribution >= 4 is 16.8 Å². The minimum Gasteiger partial charge on any atom is -0.342 e. The van der Waals surface area contributed by atoms with Gasteiger partial charge in [0, 0.05) is 17.3 Å². The van der Waals surface area contributed by atoms with E-state index in [1.54, 1.807) is 18.5 Å². The van der Waals surface area contributed by atoms with E-state index in [0.717, 1.165) is 29.4 Å². The summed E-state index contributed by atoms with van der Waals surface area (Å²) in [5.74, 6) is 0.987. The molecule has 1 aromatic carbocycles. The fourth-order valence-corrected chi connectivity index (χ4v) is 2.82. The van der Waals surface area contributed by atoms with Gasteiger partial charge in [-0.15, -0.1) is 0 Å². The van der Waals surface area contributed by atoms with Crippen LogP contribution in [0.4, 0.5) is 0 Å². The maximum absolute atomic E-state index is 12.7. The quantitative estimate of drug-likeness (QED) is 0.776. The van der Waals surface area contributed by atoms with Crippen molar-refractivity contribution in [3.8, 4) is 0 Å². The zero-order chi connectivity index (χ0) is 15.8. The summed E-state index contributed by atoms with van der Waals surface area (Å²) in [5.41, 5.74) is 2.26. The highest BCUT2D eigenvalue weighted by molar-refractivity contribution is 6.05. The number of rotatable bonds is 4. The van der Waals surface area contributed by atoms with Gasteiger partial charge in [0.1, 0.15) is 0 Å². The average molecular weight is 307 g/mol. The van der Waals surface area contributed by atoms with Gasteiger partial charge in [0.05, 0.1) is 23.3 Å². The van der Waals surface area contributed by atoms with Crippen LogP contribution in [0.15, 0.2) is 36.7 Å². The third-order valence-electron chi connectivity index (χ3n) is 4.19. The molecule has 1 atom stereocenters. The second kappa shape index (κ2) is 5.46. The molecule has 2 aromatic heterocycles. The summed E-state index contributed by atoms with van der Waals surface area (Å²) in [6.45, 7) is 1.93. The second-order valence-corrected chi connectivity index (χ2v) is 5.98. The maximum atomic E-state index is 12.7. The van der Waals surface area contributed by atoms with Crippen molar-refractivity contribution in [2.45, 2.75) is 25.8 Å². The minimum absolute atomic E-state index is 0.123. The number of amides is 1. The van der Waals surface area contributed by atoms with E-state index in [-0.39, 0.29) is 11.9 Å².